The van der Waals surface area contributed by atoms with Gasteiger partial charge in [0.15, 0.2) is 0 Å². The molecule has 4 heteroatoms. The van der Waals surface area contributed by atoms with Crippen LogP contribution in [0, 0.1) is 0 Å². The summed E-state index contributed by atoms with van der Waals surface area (Å²) in [5.74, 6) is -0.0677. The molecule has 1 amide bonds. The monoisotopic (exact) mass is 209 g/mol. The molecule has 0 aromatic heterocycles. The van der Waals surface area contributed by atoms with Crippen LogP contribution in [0.25, 0.3) is 0 Å². The van der Waals surface area contributed by atoms with E-state index in [2.05, 4.69) is 15.9 Å². The van der Waals surface area contributed by atoms with Gasteiger partial charge >= 0.3 is 0 Å². The highest BCUT2D eigenvalue weighted by molar-refractivity contribution is 9.10. The van der Waals surface area contributed by atoms with Gasteiger partial charge in [-0.05, 0) is 13.8 Å². The third-order valence-electron chi connectivity index (χ3n) is 0.973. The fourth-order valence-electron chi connectivity index (χ4n) is 0.508. The second kappa shape index (κ2) is 4.68. The summed E-state index contributed by atoms with van der Waals surface area (Å²) in [5, 5.41) is 1.24. The largest absolute Gasteiger partial charge is 0.272 e. The smallest absolute Gasteiger partial charge is 0.259 e. The molecule has 1 atom stereocenters. The number of nitrogens with zero attached hydrogens (tertiary/aromatic N) is 1. The maximum atomic E-state index is 11.0. The zero-order valence-electron chi connectivity index (χ0n) is 6.43. The number of carbonyl (C=O) groups is 1. The lowest BCUT2D eigenvalue weighted by molar-refractivity contribution is -0.175. The molecule has 0 spiro atoms. The van der Waals surface area contributed by atoms with Gasteiger partial charge in [0.25, 0.3) is 5.91 Å². The Morgan fingerprint density at radius 1 is 1.80 bits per heavy atom. The minimum atomic E-state index is -0.177. The highest BCUT2D eigenvalue weighted by Gasteiger charge is 2.13. The third kappa shape index (κ3) is 3.17. The molecule has 0 saturated heterocycles. The van der Waals surface area contributed by atoms with Crippen molar-refractivity contribution in [3.05, 3.63) is 0 Å². The third-order valence-corrected chi connectivity index (χ3v) is 1.37. The van der Waals surface area contributed by atoms with Crippen molar-refractivity contribution < 1.29 is 9.63 Å². The van der Waals surface area contributed by atoms with Crippen molar-refractivity contribution in [3.63, 3.8) is 0 Å². The predicted molar refractivity (Wildman–Crippen MR) is 42.8 cm³/mol. The van der Waals surface area contributed by atoms with Crippen LogP contribution in [0.3, 0.4) is 0 Å². The van der Waals surface area contributed by atoms with E-state index in [0.29, 0.717) is 6.61 Å². The standard InChI is InChI=1S/C6H12BrNO2/c1-4-10-8(3)6(9)5(2)7/h5H,4H2,1-3H3. The van der Waals surface area contributed by atoms with Crippen LogP contribution >= 0.6 is 15.9 Å². The molecule has 0 aromatic carbocycles. The van der Waals surface area contributed by atoms with Crippen LogP contribution in [0.4, 0.5) is 0 Å². The van der Waals surface area contributed by atoms with Crippen LogP contribution < -0.4 is 0 Å². The summed E-state index contributed by atoms with van der Waals surface area (Å²) in [5.41, 5.74) is 0. The molecule has 1 unspecified atom stereocenters. The summed E-state index contributed by atoms with van der Waals surface area (Å²) < 4.78 is 0. The molecule has 0 aliphatic heterocycles. The molecule has 0 heterocycles. The summed E-state index contributed by atoms with van der Waals surface area (Å²) in [4.78, 5) is 15.7. The molecular formula is C6H12BrNO2. The summed E-state index contributed by atoms with van der Waals surface area (Å²) in [6, 6.07) is 0. The van der Waals surface area contributed by atoms with Crippen LogP contribution in [0.1, 0.15) is 13.8 Å². The SMILES string of the molecule is CCON(C)C(=O)C(C)Br. The van der Waals surface area contributed by atoms with E-state index in [0.717, 1.165) is 0 Å². The Kier molecular flexibility index (Phi) is 4.64. The lowest BCUT2D eigenvalue weighted by atomic mass is 10.4. The summed E-state index contributed by atoms with van der Waals surface area (Å²) in [6.07, 6.45) is 0. The molecule has 3 nitrogen and oxygen atoms in total. The first-order chi connectivity index (χ1) is 4.59. The first-order valence-electron chi connectivity index (χ1n) is 3.14. The van der Waals surface area contributed by atoms with Crippen LogP contribution in [-0.4, -0.2) is 29.5 Å². The zero-order chi connectivity index (χ0) is 8.15. The molecule has 0 fully saturated rings. The fraction of sp³-hybridized carbons (Fsp3) is 0.833. The van der Waals surface area contributed by atoms with E-state index in [4.69, 9.17) is 4.84 Å². The number of alkyl halides is 1. The van der Waals surface area contributed by atoms with Gasteiger partial charge in [0.1, 0.15) is 0 Å². The van der Waals surface area contributed by atoms with Gasteiger partial charge in [-0.2, -0.15) is 0 Å². The first-order valence-corrected chi connectivity index (χ1v) is 4.05. The van der Waals surface area contributed by atoms with Crippen LogP contribution in [0.15, 0.2) is 0 Å². The van der Waals surface area contributed by atoms with Gasteiger partial charge in [0.2, 0.25) is 0 Å². The fourth-order valence-corrected chi connectivity index (χ4v) is 0.796. The number of rotatable bonds is 3. The van der Waals surface area contributed by atoms with Gasteiger partial charge in [-0.25, -0.2) is 5.06 Å². The quantitative estimate of drug-likeness (QED) is 0.517. The van der Waals surface area contributed by atoms with Gasteiger partial charge < -0.3 is 0 Å². The van der Waals surface area contributed by atoms with E-state index in [1.54, 1.807) is 14.0 Å². The van der Waals surface area contributed by atoms with E-state index >= 15 is 0 Å². The van der Waals surface area contributed by atoms with Gasteiger partial charge in [0, 0.05) is 7.05 Å². The van der Waals surface area contributed by atoms with Gasteiger partial charge in [-0.1, -0.05) is 15.9 Å². The second-order valence-electron chi connectivity index (χ2n) is 1.87. The lowest BCUT2D eigenvalue weighted by Gasteiger charge is -2.16. The van der Waals surface area contributed by atoms with Gasteiger partial charge in [-0.15, -0.1) is 0 Å². The molecular weight excluding hydrogens is 198 g/mol. The van der Waals surface area contributed by atoms with Crippen LogP contribution in [-0.2, 0) is 9.63 Å². The van der Waals surface area contributed by atoms with E-state index in [9.17, 15) is 4.79 Å². The van der Waals surface area contributed by atoms with E-state index < -0.39 is 0 Å². The Balaban J connectivity index is 3.71. The van der Waals surface area contributed by atoms with Gasteiger partial charge in [-0.3, -0.25) is 9.63 Å². The average molecular weight is 210 g/mol. The van der Waals surface area contributed by atoms with Crippen molar-refractivity contribution in [1.82, 2.24) is 5.06 Å². The molecule has 0 saturated carbocycles. The van der Waals surface area contributed by atoms with E-state index in [1.165, 1.54) is 5.06 Å². The Morgan fingerprint density at radius 3 is 2.60 bits per heavy atom. The topological polar surface area (TPSA) is 29.5 Å². The highest BCUT2D eigenvalue weighted by Crippen LogP contribution is 2.01. The molecule has 0 aliphatic carbocycles. The molecule has 0 N–H and O–H groups in total. The molecule has 0 rings (SSSR count). The maximum Gasteiger partial charge on any atom is 0.259 e. The van der Waals surface area contributed by atoms with Crippen molar-refractivity contribution in [3.8, 4) is 0 Å². The minimum Gasteiger partial charge on any atom is -0.272 e. The summed E-state index contributed by atoms with van der Waals surface area (Å²) in [6.45, 7) is 4.11. The molecule has 60 valence electrons. The second-order valence-corrected chi connectivity index (χ2v) is 3.24. The Bertz CT molecular complexity index is 116. The van der Waals surface area contributed by atoms with Crippen molar-refractivity contribution in [2.75, 3.05) is 13.7 Å². The van der Waals surface area contributed by atoms with Crippen molar-refractivity contribution in [2.24, 2.45) is 0 Å². The molecule has 0 aromatic rings. The summed E-state index contributed by atoms with van der Waals surface area (Å²) >= 11 is 3.14. The van der Waals surface area contributed by atoms with Crippen LogP contribution in [0.5, 0.6) is 0 Å². The Morgan fingerprint density at radius 2 is 2.30 bits per heavy atom. The number of hydroxylamine groups is 2. The molecule has 10 heavy (non-hydrogen) atoms. The number of amides is 1. The van der Waals surface area contributed by atoms with Gasteiger partial charge in [0.05, 0.1) is 11.4 Å². The number of hydrogen-bond donors (Lipinski definition) is 0. The van der Waals surface area contributed by atoms with Crippen molar-refractivity contribution in [2.45, 2.75) is 18.7 Å². The first kappa shape index (κ1) is 9.91. The summed E-state index contributed by atoms with van der Waals surface area (Å²) in [7, 11) is 1.60. The number of halogens is 1. The number of hydrogen-bond acceptors (Lipinski definition) is 2. The highest BCUT2D eigenvalue weighted by atomic mass is 79.9. The number of carbonyl (C=O) groups excluding carboxylic acids is 1. The van der Waals surface area contributed by atoms with Crippen molar-refractivity contribution >= 4 is 21.8 Å². The minimum absolute atomic E-state index is 0.0677. The normalized spacial score (nSPS) is 12.8. The zero-order valence-corrected chi connectivity index (χ0v) is 8.01. The van der Waals surface area contributed by atoms with E-state index in [-0.39, 0.29) is 10.7 Å². The Hall–Kier alpha value is -0.0900. The predicted octanol–water partition coefficient (Wildman–Crippen LogP) is 1.18. The molecule has 0 aliphatic rings. The van der Waals surface area contributed by atoms with Crippen LogP contribution in [0.2, 0.25) is 0 Å². The molecule has 0 radical (unpaired) electrons. The maximum absolute atomic E-state index is 11.0. The Labute approximate surface area is 69.4 Å². The lowest BCUT2D eigenvalue weighted by Crippen LogP contribution is -2.31. The average Bonchev–Trinajstić information content (AvgIpc) is 1.87. The van der Waals surface area contributed by atoms with E-state index in [1.807, 2.05) is 6.92 Å². The van der Waals surface area contributed by atoms with Crippen molar-refractivity contribution in [1.29, 1.82) is 0 Å². The molecule has 0 bridgehead atoms.